The molecule has 1 aliphatic heterocycles. The maximum absolute atomic E-state index is 14.6. The molecule has 30 heavy (non-hydrogen) atoms. The van der Waals surface area contributed by atoms with Gasteiger partial charge in [0.25, 0.3) is 0 Å². The molecule has 1 unspecified atom stereocenters. The van der Waals surface area contributed by atoms with Gasteiger partial charge in [-0.3, -0.25) is 4.79 Å². The Kier molecular flexibility index (Phi) is 8.19. The van der Waals surface area contributed by atoms with Crippen LogP contribution in [0.5, 0.6) is 5.75 Å². The molecule has 2 fully saturated rings. The van der Waals surface area contributed by atoms with Crippen LogP contribution < -0.4 is 4.74 Å². The predicted molar refractivity (Wildman–Crippen MR) is 106 cm³/mol. The van der Waals surface area contributed by atoms with Crippen molar-refractivity contribution in [2.75, 3.05) is 13.2 Å². The molecule has 1 aromatic carbocycles. The summed E-state index contributed by atoms with van der Waals surface area (Å²) in [6.45, 7) is 0.744. The Balaban J connectivity index is 1.46. The number of allylic oxidation sites excluding steroid dienone is 1. The van der Waals surface area contributed by atoms with Crippen molar-refractivity contribution in [3.05, 3.63) is 42.0 Å². The maximum Gasteiger partial charge on any atom is 0.303 e. The highest BCUT2D eigenvalue weighted by Gasteiger charge is 2.44. The number of carboxylic acids is 1. The number of ether oxygens (including phenoxy) is 2. The molecule has 0 amide bonds. The van der Waals surface area contributed by atoms with Crippen LogP contribution in [0.3, 0.4) is 0 Å². The molecule has 0 aromatic heterocycles. The van der Waals surface area contributed by atoms with E-state index in [0.29, 0.717) is 31.8 Å². The zero-order valence-electron chi connectivity index (χ0n) is 16.9. The van der Waals surface area contributed by atoms with Crippen molar-refractivity contribution in [3.63, 3.8) is 0 Å². The summed E-state index contributed by atoms with van der Waals surface area (Å²) in [6.07, 6.45) is 6.91. The normalized spacial score (nSPS) is 29.0. The molecule has 1 heterocycles. The number of carboxylic acid groups (broad SMARTS) is 1. The first-order chi connectivity index (χ1) is 14.4. The van der Waals surface area contributed by atoms with E-state index in [1.807, 2.05) is 12.2 Å². The molecule has 3 rings (SSSR count). The van der Waals surface area contributed by atoms with Crippen LogP contribution in [0.4, 0.5) is 13.2 Å². The van der Waals surface area contributed by atoms with Crippen LogP contribution in [0.15, 0.2) is 30.4 Å². The Bertz CT molecular complexity index is 739. The van der Waals surface area contributed by atoms with Gasteiger partial charge in [0.15, 0.2) is 11.6 Å². The van der Waals surface area contributed by atoms with E-state index in [1.165, 1.54) is 0 Å². The first-order valence-electron chi connectivity index (χ1n) is 10.7. The van der Waals surface area contributed by atoms with Crippen LogP contribution in [0, 0.1) is 29.4 Å². The number of hydrogen-bond acceptors (Lipinski definition) is 3. The first kappa shape index (κ1) is 22.7. The zero-order valence-corrected chi connectivity index (χ0v) is 16.9. The number of rotatable bonds is 9. The Morgan fingerprint density at radius 2 is 2.13 bits per heavy atom. The second kappa shape index (κ2) is 10.8. The number of aliphatic carboxylic acids is 1. The summed E-state index contributed by atoms with van der Waals surface area (Å²) in [7, 11) is 0. The summed E-state index contributed by atoms with van der Waals surface area (Å²) in [5.41, 5.74) is 0. The lowest BCUT2D eigenvalue weighted by Gasteiger charge is -2.20. The van der Waals surface area contributed by atoms with Crippen molar-refractivity contribution >= 4 is 5.97 Å². The highest BCUT2D eigenvalue weighted by atomic mass is 19.1. The van der Waals surface area contributed by atoms with Crippen LogP contribution in [-0.2, 0) is 9.53 Å². The van der Waals surface area contributed by atoms with Gasteiger partial charge in [0.2, 0.25) is 0 Å². The minimum atomic E-state index is -0.957. The van der Waals surface area contributed by atoms with E-state index in [2.05, 4.69) is 0 Å². The summed E-state index contributed by atoms with van der Waals surface area (Å²) >= 11 is 0. The lowest BCUT2D eigenvalue weighted by atomic mass is 9.86. The Morgan fingerprint density at radius 3 is 2.93 bits per heavy atom. The largest absolute Gasteiger partial charge is 0.490 e. The summed E-state index contributed by atoms with van der Waals surface area (Å²) in [5, 5.41) is 8.78. The van der Waals surface area contributed by atoms with Gasteiger partial charge in [-0.15, -0.1) is 0 Å². The van der Waals surface area contributed by atoms with E-state index < -0.39 is 23.8 Å². The zero-order chi connectivity index (χ0) is 21.5. The second-order valence-electron chi connectivity index (χ2n) is 8.23. The third-order valence-corrected chi connectivity index (χ3v) is 6.10. The monoisotopic (exact) mass is 426 g/mol. The molecule has 0 spiro atoms. The van der Waals surface area contributed by atoms with Crippen LogP contribution in [0.2, 0.25) is 0 Å². The minimum Gasteiger partial charge on any atom is -0.490 e. The quantitative estimate of drug-likeness (QED) is 0.429. The average Bonchev–Trinajstić information content (AvgIpc) is 2.86. The van der Waals surface area contributed by atoms with Crippen LogP contribution >= 0.6 is 0 Å². The van der Waals surface area contributed by atoms with Crippen molar-refractivity contribution in [1.82, 2.24) is 0 Å². The molecule has 1 aromatic rings. The average molecular weight is 426 g/mol. The number of benzene rings is 1. The van der Waals surface area contributed by atoms with Gasteiger partial charge in [-0.1, -0.05) is 12.2 Å². The summed E-state index contributed by atoms with van der Waals surface area (Å²) < 4.78 is 52.5. The number of alkyl halides is 1. The molecule has 1 aliphatic carbocycles. The van der Waals surface area contributed by atoms with Crippen molar-refractivity contribution < 1.29 is 32.5 Å². The van der Waals surface area contributed by atoms with Gasteiger partial charge < -0.3 is 14.6 Å². The summed E-state index contributed by atoms with van der Waals surface area (Å²) in [6, 6.07) is 3.06. The number of carbonyl (C=O) groups is 1. The lowest BCUT2D eigenvalue weighted by Crippen LogP contribution is -2.20. The third-order valence-electron chi connectivity index (χ3n) is 6.10. The van der Waals surface area contributed by atoms with E-state index in [1.54, 1.807) is 0 Å². The van der Waals surface area contributed by atoms with E-state index in [9.17, 15) is 18.0 Å². The van der Waals surface area contributed by atoms with E-state index in [-0.39, 0.29) is 36.7 Å². The second-order valence-corrected chi connectivity index (χ2v) is 8.23. The molecular formula is C23H29F3O4. The maximum atomic E-state index is 14.6. The van der Waals surface area contributed by atoms with E-state index >= 15 is 0 Å². The Labute approximate surface area is 175 Å². The third kappa shape index (κ3) is 6.24. The SMILES string of the molecule is O=C(O)CCC[C@H]1CC[C@H]2[C@H](CC(F)[C@@H]2/C=C/CCOc2cc(F)ccc2F)OC1. The Hall–Kier alpha value is -2.02. The van der Waals surface area contributed by atoms with Gasteiger partial charge in [-0.25, -0.2) is 13.2 Å². The smallest absolute Gasteiger partial charge is 0.303 e. The highest BCUT2D eigenvalue weighted by molar-refractivity contribution is 5.66. The van der Waals surface area contributed by atoms with E-state index in [0.717, 1.165) is 37.5 Å². The number of halogens is 3. The number of hydrogen-bond donors (Lipinski definition) is 1. The highest BCUT2D eigenvalue weighted by Crippen LogP contribution is 2.43. The van der Waals surface area contributed by atoms with Gasteiger partial charge >= 0.3 is 5.97 Å². The molecule has 1 saturated heterocycles. The van der Waals surface area contributed by atoms with Crippen LogP contribution in [0.1, 0.15) is 44.9 Å². The molecule has 4 nitrogen and oxygen atoms in total. The van der Waals surface area contributed by atoms with Gasteiger partial charge in [0.1, 0.15) is 12.0 Å². The molecule has 0 radical (unpaired) electrons. The minimum absolute atomic E-state index is 0.100. The summed E-state index contributed by atoms with van der Waals surface area (Å²) in [5.74, 6) is -1.87. The first-order valence-corrected chi connectivity index (χ1v) is 10.7. The van der Waals surface area contributed by atoms with Crippen molar-refractivity contribution in [2.45, 2.75) is 57.2 Å². The van der Waals surface area contributed by atoms with Gasteiger partial charge in [-0.05, 0) is 56.1 Å². The molecule has 166 valence electrons. The molecule has 2 aliphatic rings. The van der Waals surface area contributed by atoms with Crippen molar-refractivity contribution in [3.8, 4) is 5.75 Å². The molecule has 5 atom stereocenters. The van der Waals surface area contributed by atoms with Crippen LogP contribution in [0.25, 0.3) is 0 Å². The molecule has 1 N–H and O–H groups in total. The molecule has 1 saturated carbocycles. The number of fused-ring (bicyclic) bond motifs is 1. The van der Waals surface area contributed by atoms with Crippen molar-refractivity contribution in [1.29, 1.82) is 0 Å². The van der Waals surface area contributed by atoms with Crippen molar-refractivity contribution in [2.24, 2.45) is 17.8 Å². The van der Waals surface area contributed by atoms with Gasteiger partial charge in [-0.2, -0.15) is 0 Å². The van der Waals surface area contributed by atoms with Gasteiger partial charge in [0, 0.05) is 31.4 Å². The topological polar surface area (TPSA) is 55.8 Å². The van der Waals surface area contributed by atoms with Crippen LogP contribution in [-0.4, -0.2) is 36.6 Å². The Morgan fingerprint density at radius 1 is 1.30 bits per heavy atom. The molecule has 0 bridgehead atoms. The predicted octanol–water partition coefficient (Wildman–Crippen LogP) is 5.31. The molecule has 7 heteroatoms. The fourth-order valence-corrected chi connectivity index (χ4v) is 4.52. The fourth-order valence-electron chi connectivity index (χ4n) is 4.52. The fraction of sp³-hybridized carbons (Fsp3) is 0.609. The van der Waals surface area contributed by atoms with Gasteiger partial charge in [0.05, 0.1) is 12.7 Å². The van der Waals surface area contributed by atoms with E-state index in [4.69, 9.17) is 14.6 Å². The standard InChI is InChI=1S/C23H29F3O4/c24-16-8-10-19(25)22(12-16)29-11-2-1-5-17-18-9-7-15(4-3-6-23(27)28)14-30-21(18)13-20(17)26/h1,5,8,10,12,15,17-18,20-21H,2-4,6-7,9,11,13-14H2,(H,27,28)/b5-1+/t15-,17+,18+,20?,21-/m0/s1. The molecular weight excluding hydrogens is 397 g/mol. The summed E-state index contributed by atoms with van der Waals surface area (Å²) in [4.78, 5) is 10.7. The lowest BCUT2D eigenvalue weighted by molar-refractivity contribution is -0.137.